The van der Waals surface area contributed by atoms with E-state index in [0.29, 0.717) is 11.3 Å². The Morgan fingerprint density at radius 2 is 1.44 bits per heavy atom. The van der Waals surface area contributed by atoms with E-state index in [4.69, 9.17) is 0 Å². The maximum Gasteiger partial charge on any atom is 0.264 e. The first kappa shape index (κ1) is 26.5. The number of rotatable bonds is 8. The van der Waals surface area contributed by atoms with Crippen LogP contribution in [-0.2, 0) is 16.6 Å². The number of benzene rings is 4. The third-order valence-electron chi connectivity index (χ3n) is 6.85. The minimum atomic E-state index is -4.05. The molecule has 5 aromatic rings. The van der Waals surface area contributed by atoms with Crippen molar-refractivity contribution in [2.75, 3.05) is 24.9 Å². The van der Waals surface area contributed by atoms with E-state index in [1.54, 1.807) is 62.6 Å². The molecular formula is C31H31N3O4S. The second-order valence-corrected chi connectivity index (χ2v) is 11.8. The molecule has 1 heterocycles. The first-order valence-electron chi connectivity index (χ1n) is 12.7. The number of fused-ring (bicyclic) bond motifs is 3. The van der Waals surface area contributed by atoms with Gasteiger partial charge in [0.25, 0.3) is 15.9 Å². The highest BCUT2D eigenvalue weighted by Crippen LogP contribution is 2.30. The van der Waals surface area contributed by atoms with Crippen LogP contribution < -0.4 is 4.31 Å². The molecule has 1 atom stereocenters. The summed E-state index contributed by atoms with van der Waals surface area (Å²) in [6.07, 6.45) is -1.04. The number of anilines is 1. The van der Waals surface area contributed by atoms with Crippen LogP contribution in [0, 0.1) is 6.92 Å². The van der Waals surface area contributed by atoms with Gasteiger partial charge >= 0.3 is 0 Å². The molecule has 200 valence electrons. The summed E-state index contributed by atoms with van der Waals surface area (Å²) in [6, 6.07) is 29.1. The number of hydrogen-bond acceptors (Lipinski definition) is 4. The van der Waals surface area contributed by atoms with E-state index in [2.05, 4.69) is 0 Å². The number of aliphatic hydroxyl groups is 1. The molecule has 39 heavy (non-hydrogen) atoms. The minimum Gasteiger partial charge on any atom is -0.389 e. The van der Waals surface area contributed by atoms with Crippen molar-refractivity contribution in [3.63, 3.8) is 0 Å². The quantitative estimate of drug-likeness (QED) is 0.298. The number of amides is 1. The van der Waals surface area contributed by atoms with Crippen LogP contribution in [0.2, 0.25) is 0 Å². The van der Waals surface area contributed by atoms with Gasteiger partial charge in [-0.1, -0.05) is 60.2 Å². The molecule has 0 aliphatic carbocycles. The molecule has 0 fully saturated rings. The van der Waals surface area contributed by atoms with E-state index in [1.807, 2.05) is 60.0 Å². The van der Waals surface area contributed by atoms with Crippen LogP contribution in [0.5, 0.6) is 0 Å². The van der Waals surface area contributed by atoms with Crippen molar-refractivity contribution in [2.45, 2.75) is 24.5 Å². The minimum absolute atomic E-state index is 0.113. The van der Waals surface area contributed by atoms with Crippen molar-refractivity contribution in [1.82, 2.24) is 9.47 Å². The molecule has 8 heteroatoms. The maximum absolute atomic E-state index is 13.9. The van der Waals surface area contributed by atoms with Gasteiger partial charge in [0.2, 0.25) is 0 Å². The standard InChI is InChI=1S/C31H31N3O4S/c1-22-15-17-26(18-16-22)39(37,38)34(24-10-8-9-23(19-24)31(36)32(2)3)21-25(35)20-33-29-13-6-4-11-27(29)28-12-5-7-14-30(28)33/h4-19,25,35H,20-21H2,1-3H3/t25-/m0/s1. The molecular weight excluding hydrogens is 510 g/mol. The van der Waals surface area contributed by atoms with Crippen molar-refractivity contribution >= 4 is 43.4 Å². The van der Waals surface area contributed by atoms with Crippen LogP contribution in [0.1, 0.15) is 15.9 Å². The van der Waals surface area contributed by atoms with Crippen molar-refractivity contribution in [2.24, 2.45) is 0 Å². The summed E-state index contributed by atoms with van der Waals surface area (Å²) in [4.78, 5) is 14.2. The number of nitrogens with zero attached hydrogens (tertiary/aromatic N) is 3. The zero-order valence-electron chi connectivity index (χ0n) is 22.2. The molecule has 0 saturated carbocycles. The number of para-hydroxylation sites is 2. The lowest BCUT2D eigenvalue weighted by Gasteiger charge is -2.28. The Bertz CT molecular complexity index is 1710. The van der Waals surface area contributed by atoms with Crippen LogP contribution in [0.25, 0.3) is 21.8 Å². The lowest BCUT2D eigenvalue weighted by atomic mass is 10.1. The van der Waals surface area contributed by atoms with Crippen LogP contribution in [0.3, 0.4) is 0 Å². The molecule has 0 spiro atoms. The smallest absolute Gasteiger partial charge is 0.264 e. The van der Waals surface area contributed by atoms with E-state index in [9.17, 15) is 18.3 Å². The topological polar surface area (TPSA) is 82.8 Å². The highest BCUT2D eigenvalue weighted by molar-refractivity contribution is 7.92. The fourth-order valence-electron chi connectivity index (χ4n) is 4.89. The molecule has 0 aliphatic heterocycles. The van der Waals surface area contributed by atoms with Crippen LogP contribution in [-0.4, -0.2) is 55.6 Å². The van der Waals surface area contributed by atoms with E-state index >= 15 is 0 Å². The molecule has 0 saturated heterocycles. The summed E-state index contributed by atoms with van der Waals surface area (Å²) < 4.78 is 31.1. The Morgan fingerprint density at radius 3 is 2.03 bits per heavy atom. The summed E-state index contributed by atoms with van der Waals surface area (Å²) >= 11 is 0. The molecule has 0 aliphatic rings. The monoisotopic (exact) mass is 541 g/mol. The molecule has 0 bridgehead atoms. The molecule has 1 amide bonds. The van der Waals surface area contributed by atoms with Crippen LogP contribution >= 0.6 is 0 Å². The largest absolute Gasteiger partial charge is 0.389 e. The van der Waals surface area contributed by atoms with Gasteiger partial charge in [0.1, 0.15) is 0 Å². The predicted octanol–water partition coefficient (Wildman–Crippen LogP) is 5.06. The number of aryl methyl sites for hydroxylation is 1. The summed E-state index contributed by atoms with van der Waals surface area (Å²) in [6.45, 7) is 1.88. The van der Waals surface area contributed by atoms with Crippen molar-refractivity contribution in [1.29, 1.82) is 0 Å². The van der Waals surface area contributed by atoms with E-state index < -0.39 is 16.1 Å². The molecule has 1 N–H and O–H groups in total. The van der Waals surface area contributed by atoms with E-state index in [-0.39, 0.29) is 23.9 Å². The number of carbonyl (C=O) groups is 1. The van der Waals surface area contributed by atoms with Crippen LogP contribution in [0.15, 0.2) is 102 Å². The maximum atomic E-state index is 13.9. The first-order chi connectivity index (χ1) is 18.7. The average molecular weight is 542 g/mol. The zero-order valence-corrected chi connectivity index (χ0v) is 23.0. The van der Waals surface area contributed by atoms with E-state index in [0.717, 1.165) is 27.4 Å². The van der Waals surface area contributed by atoms with Gasteiger partial charge in [0, 0.05) is 41.5 Å². The summed E-state index contributed by atoms with van der Waals surface area (Å²) in [5.74, 6) is -0.240. The van der Waals surface area contributed by atoms with Gasteiger partial charge in [-0.2, -0.15) is 0 Å². The Labute approximate surface area is 228 Å². The van der Waals surface area contributed by atoms with Gasteiger partial charge < -0.3 is 14.6 Å². The van der Waals surface area contributed by atoms with Crippen molar-refractivity contribution in [3.8, 4) is 0 Å². The van der Waals surface area contributed by atoms with Crippen molar-refractivity contribution in [3.05, 3.63) is 108 Å². The van der Waals surface area contributed by atoms with Gasteiger partial charge in [0.05, 0.1) is 29.8 Å². The lowest BCUT2D eigenvalue weighted by molar-refractivity contribution is 0.0827. The number of sulfonamides is 1. The predicted molar refractivity (Wildman–Crippen MR) is 156 cm³/mol. The molecule has 7 nitrogen and oxygen atoms in total. The average Bonchev–Trinajstić information content (AvgIpc) is 3.25. The van der Waals surface area contributed by atoms with Gasteiger partial charge in [-0.15, -0.1) is 0 Å². The highest BCUT2D eigenvalue weighted by Gasteiger charge is 2.28. The Hall–Kier alpha value is -4.14. The van der Waals surface area contributed by atoms with Gasteiger partial charge in [-0.05, 0) is 49.4 Å². The number of aliphatic hydroxyl groups excluding tert-OH is 1. The number of aromatic nitrogens is 1. The lowest BCUT2D eigenvalue weighted by Crippen LogP contribution is -2.39. The fourth-order valence-corrected chi connectivity index (χ4v) is 6.39. The molecule has 0 unspecified atom stereocenters. The third kappa shape index (κ3) is 5.13. The zero-order chi connectivity index (χ0) is 27.7. The molecule has 0 radical (unpaired) electrons. The van der Waals surface area contributed by atoms with Gasteiger partial charge in [-0.3, -0.25) is 9.10 Å². The van der Waals surface area contributed by atoms with Gasteiger partial charge in [0.15, 0.2) is 0 Å². The Morgan fingerprint density at radius 1 is 0.846 bits per heavy atom. The summed E-state index contributed by atoms with van der Waals surface area (Å²) in [5, 5.41) is 13.5. The normalized spacial score (nSPS) is 12.5. The SMILES string of the molecule is Cc1ccc(S(=O)(=O)N(C[C@@H](O)Cn2c3ccccc3c3ccccc32)c2cccc(C(=O)N(C)C)c2)cc1. The summed E-state index contributed by atoms with van der Waals surface area (Å²) in [7, 11) is -0.765. The fraction of sp³-hybridized carbons (Fsp3) is 0.194. The van der Waals surface area contributed by atoms with Crippen LogP contribution in [0.4, 0.5) is 5.69 Å². The van der Waals surface area contributed by atoms with Crippen molar-refractivity contribution < 1.29 is 18.3 Å². The second-order valence-electron chi connectivity index (χ2n) is 9.90. The first-order valence-corrected chi connectivity index (χ1v) is 14.2. The molecule has 1 aromatic heterocycles. The number of carbonyl (C=O) groups excluding carboxylic acids is 1. The van der Waals surface area contributed by atoms with E-state index in [1.165, 1.54) is 9.21 Å². The van der Waals surface area contributed by atoms with Gasteiger partial charge in [-0.25, -0.2) is 8.42 Å². The Kier molecular flexibility index (Phi) is 7.16. The molecule has 5 rings (SSSR count). The number of hydrogen-bond donors (Lipinski definition) is 1. The third-order valence-corrected chi connectivity index (χ3v) is 8.65. The molecule has 4 aromatic carbocycles. The summed E-state index contributed by atoms with van der Waals surface area (Å²) in [5.41, 5.74) is 3.53. The second kappa shape index (κ2) is 10.6. The Balaban J connectivity index is 1.55. The highest BCUT2D eigenvalue weighted by atomic mass is 32.2.